The van der Waals surface area contributed by atoms with Crippen LogP contribution in [0.1, 0.15) is 53.6 Å². The Morgan fingerprint density at radius 1 is 0.864 bits per heavy atom. The predicted octanol–water partition coefficient (Wildman–Crippen LogP) is 8.28. The molecule has 0 aliphatic carbocycles. The number of amides is 1. The lowest BCUT2D eigenvalue weighted by molar-refractivity contribution is -0.143. The Kier molecular flexibility index (Phi) is 9.90. The molecule has 1 amide bonds. The number of ether oxygens (including phenoxy) is 3. The van der Waals surface area contributed by atoms with E-state index in [1.807, 2.05) is 37.3 Å². The van der Waals surface area contributed by atoms with Crippen LogP contribution < -0.4 is 14.4 Å². The van der Waals surface area contributed by atoms with E-state index in [-0.39, 0.29) is 17.7 Å². The molecule has 3 aromatic rings. The lowest BCUT2D eigenvalue weighted by Gasteiger charge is -2.44. The number of aryl methyl sites for hydroxylation is 1. The maximum absolute atomic E-state index is 13.6. The van der Waals surface area contributed by atoms with Gasteiger partial charge in [-0.25, -0.2) is 4.79 Å². The Hall–Kier alpha value is -4.09. The number of hydrogen-bond donors (Lipinski definition) is 0. The van der Waals surface area contributed by atoms with Crippen LogP contribution >= 0.6 is 0 Å². The largest absolute Gasteiger partial charge is 0.493 e. The number of hydrogen-bond acceptors (Lipinski definition) is 5. The van der Waals surface area contributed by atoms with E-state index in [2.05, 4.69) is 4.90 Å². The molecule has 0 spiro atoms. The summed E-state index contributed by atoms with van der Waals surface area (Å²) in [5.74, 6) is 0.794. The maximum Gasteiger partial charge on any atom is 0.416 e. The molecule has 238 valence electrons. The van der Waals surface area contributed by atoms with Crippen molar-refractivity contribution >= 4 is 11.8 Å². The Bertz CT molecular complexity index is 1410. The molecule has 44 heavy (non-hydrogen) atoms. The maximum atomic E-state index is 13.6. The second-order valence-electron chi connectivity index (χ2n) is 10.7. The molecule has 6 nitrogen and oxygen atoms in total. The van der Waals surface area contributed by atoms with Crippen molar-refractivity contribution in [1.82, 2.24) is 4.90 Å². The third kappa shape index (κ3) is 7.34. The number of carbonyl (C=O) groups excluding carboxylic acids is 1. The Morgan fingerprint density at radius 2 is 1.45 bits per heavy atom. The van der Waals surface area contributed by atoms with Crippen LogP contribution in [0, 0.1) is 0 Å². The molecule has 0 unspecified atom stereocenters. The first kappa shape index (κ1) is 32.8. The van der Waals surface area contributed by atoms with Crippen LogP contribution in [0.25, 0.3) is 0 Å². The number of alkyl halides is 6. The van der Waals surface area contributed by atoms with Crippen molar-refractivity contribution < 1.29 is 45.3 Å². The van der Waals surface area contributed by atoms with Gasteiger partial charge < -0.3 is 19.1 Å². The number of methoxy groups -OCH3 is 3. The second-order valence-corrected chi connectivity index (χ2v) is 10.7. The molecule has 0 aromatic heterocycles. The molecule has 0 radical (unpaired) electrons. The number of fused-ring (bicyclic) bond motifs is 1. The van der Waals surface area contributed by atoms with Crippen molar-refractivity contribution in [2.75, 3.05) is 32.8 Å². The van der Waals surface area contributed by atoms with Crippen molar-refractivity contribution in [3.63, 3.8) is 0 Å². The van der Waals surface area contributed by atoms with Gasteiger partial charge >= 0.3 is 18.4 Å². The molecular formula is C32H34F6N2O4. The number of halogens is 6. The zero-order valence-corrected chi connectivity index (χ0v) is 24.8. The summed E-state index contributed by atoms with van der Waals surface area (Å²) in [4.78, 5) is 16.5. The van der Waals surface area contributed by atoms with Gasteiger partial charge in [-0.05, 0) is 61.6 Å². The Morgan fingerprint density at radius 3 is 2.00 bits per heavy atom. The van der Waals surface area contributed by atoms with Crippen LogP contribution in [0.3, 0.4) is 0 Å². The van der Waals surface area contributed by atoms with Crippen molar-refractivity contribution in [2.24, 2.45) is 0 Å². The van der Waals surface area contributed by atoms with Gasteiger partial charge in [0, 0.05) is 36.4 Å². The third-order valence-electron chi connectivity index (χ3n) is 7.79. The fourth-order valence-electron chi connectivity index (χ4n) is 5.68. The van der Waals surface area contributed by atoms with E-state index < -0.39 is 42.2 Å². The van der Waals surface area contributed by atoms with Crippen molar-refractivity contribution in [3.8, 4) is 11.5 Å². The summed E-state index contributed by atoms with van der Waals surface area (Å²) in [6, 6.07) is 13.8. The summed E-state index contributed by atoms with van der Waals surface area (Å²) in [6.07, 6.45) is -9.00. The topological polar surface area (TPSA) is 51.2 Å². The van der Waals surface area contributed by atoms with Crippen molar-refractivity contribution in [2.45, 2.75) is 57.2 Å². The predicted molar refractivity (Wildman–Crippen MR) is 153 cm³/mol. The van der Waals surface area contributed by atoms with Crippen LogP contribution in [0.15, 0.2) is 60.7 Å². The van der Waals surface area contributed by atoms with Gasteiger partial charge in [0.15, 0.2) is 11.5 Å². The molecule has 0 saturated heterocycles. The van der Waals surface area contributed by atoms with E-state index in [0.717, 1.165) is 24.9 Å². The first-order chi connectivity index (χ1) is 20.8. The highest BCUT2D eigenvalue weighted by Crippen LogP contribution is 2.47. The lowest BCUT2D eigenvalue weighted by Crippen LogP contribution is -2.45. The standard InChI is InChI=1S/C32H34F6N2O4/c1-20-13-26(40(30(41)44-4)19-22-14-23(31(33,34)35)16-24(15-22)32(36,37)38)25-17-28(42-2)29(43-3)18-27(25)39(20)12-8-11-21-9-6-5-7-10-21/h5-7,9-10,14-18,20,26H,8,11-13,19H2,1-4H3/t20-,26+/m1/s1. The quantitative estimate of drug-likeness (QED) is 0.224. The number of benzene rings is 3. The highest BCUT2D eigenvalue weighted by atomic mass is 19.4. The first-order valence-electron chi connectivity index (χ1n) is 14.0. The summed E-state index contributed by atoms with van der Waals surface area (Å²) < 4.78 is 97.7. The highest BCUT2D eigenvalue weighted by Gasteiger charge is 2.40. The fourth-order valence-corrected chi connectivity index (χ4v) is 5.68. The average molecular weight is 625 g/mol. The molecule has 0 fully saturated rings. The van der Waals surface area contributed by atoms with Crippen molar-refractivity contribution in [3.05, 3.63) is 88.5 Å². The molecule has 1 aliphatic heterocycles. The summed E-state index contributed by atoms with van der Waals surface area (Å²) in [5, 5.41) is 0. The fraction of sp³-hybridized carbons (Fsp3) is 0.406. The van der Waals surface area contributed by atoms with E-state index in [9.17, 15) is 31.1 Å². The van der Waals surface area contributed by atoms with Crippen LogP contribution in [-0.4, -0.2) is 44.9 Å². The van der Waals surface area contributed by atoms with E-state index >= 15 is 0 Å². The van der Waals surface area contributed by atoms with Gasteiger partial charge in [0.05, 0.1) is 38.5 Å². The van der Waals surface area contributed by atoms with Gasteiger partial charge in [-0.3, -0.25) is 4.90 Å². The minimum Gasteiger partial charge on any atom is -0.493 e. The van der Waals surface area contributed by atoms with Gasteiger partial charge in [-0.1, -0.05) is 30.3 Å². The monoisotopic (exact) mass is 624 g/mol. The molecule has 4 rings (SSSR count). The van der Waals surface area contributed by atoms with Crippen molar-refractivity contribution in [1.29, 1.82) is 0 Å². The molecule has 2 atom stereocenters. The van der Waals surface area contributed by atoms with Gasteiger partial charge in [0.25, 0.3) is 0 Å². The molecule has 1 heterocycles. The smallest absolute Gasteiger partial charge is 0.416 e. The summed E-state index contributed by atoms with van der Waals surface area (Å²) in [7, 11) is 4.04. The van der Waals surface area contributed by atoms with E-state index in [0.29, 0.717) is 47.8 Å². The summed E-state index contributed by atoms with van der Waals surface area (Å²) in [6.45, 7) is 2.04. The zero-order valence-electron chi connectivity index (χ0n) is 24.8. The average Bonchev–Trinajstić information content (AvgIpc) is 2.99. The highest BCUT2D eigenvalue weighted by molar-refractivity contribution is 5.71. The minimum atomic E-state index is -5.03. The molecule has 3 aromatic carbocycles. The van der Waals surface area contributed by atoms with Gasteiger partial charge in [-0.15, -0.1) is 0 Å². The number of rotatable bonds is 9. The minimum absolute atomic E-state index is 0.0639. The zero-order chi connectivity index (χ0) is 32.2. The molecular weight excluding hydrogens is 590 g/mol. The van der Waals surface area contributed by atoms with Crippen LogP contribution in [0.4, 0.5) is 36.8 Å². The van der Waals surface area contributed by atoms with Crippen LogP contribution in [0.5, 0.6) is 11.5 Å². The first-order valence-corrected chi connectivity index (χ1v) is 14.0. The van der Waals surface area contributed by atoms with Gasteiger partial charge in [0.1, 0.15) is 0 Å². The van der Waals surface area contributed by atoms with Gasteiger partial charge in [-0.2, -0.15) is 26.3 Å². The number of nitrogens with zero attached hydrogens (tertiary/aromatic N) is 2. The lowest BCUT2D eigenvalue weighted by atomic mass is 9.89. The molecule has 0 saturated carbocycles. The second kappa shape index (κ2) is 13.3. The normalized spacial score (nSPS) is 16.7. The molecule has 1 aliphatic rings. The molecule has 0 bridgehead atoms. The van der Waals surface area contributed by atoms with Crippen LogP contribution in [0.2, 0.25) is 0 Å². The third-order valence-corrected chi connectivity index (χ3v) is 7.79. The van der Waals surface area contributed by atoms with E-state index in [4.69, 9.17) is 14.2 Å². The van der Waals surface area contributed by atoms with Gasteiger partial charge in [0.2, 0.25) is 0 Å². The summed E-state index contributed by atoms with van der Waals surface area (Å²) in [5.41, 5.74) is -0.750. The Labute approximate surface area is 252 Å². The van der Waals surface area contributed by atoms with Crippen LogP contribution in [-0.2, 0) is 30.1 Å². The molecule has 0 N–H and O–H groups in total. The Balaban J connectivity index is 1.76. The summed E-state index contributed by atoms with van der Waals surface area (Å²) >= 11 is 0. The SMILES string of the molecule is COC(=O)N(Cc1cc(C(F)(F)F)cc(C(F)(F)F)c1)[C@H]1C[C@@H](C)N(CCCc2ccccc2)c2cc(OC)c(OC)cc21. The van der Waals surface area contributed by atoms with E-state index in [1.165, 1.54) is 19.8 Å². The number of carbonyl (C=O) groups is 1. The molecule has 12 heteroatoms. The number of anilines is 1. The van der Waals surface area contributed by atoms with E-state index in [1.54, 1.807) is 12.1 Å².